The third-order valence-electron chi connectivity index (χ3n) is 3.20. The largest absolute Gasteiger partial charge is 0.344 e. The van der Waals surface area contributed by atoms with E-state index in [0.29, 0.717) is 6.54 Å². The lowest BCUT2D eigenvalue weighted by molar-refractivity contribution is 0.507. The average molecular weight is 201 g/mol. The van der Waals surface area contributed by atoms with Gasteiger partial charge in [0.2, 0.25) is 0 Å². The Hall–Kier alpha value is -1.32. The lowest BCUT2D eigenvalue weighted by Gasteiger charge is -2.18. The lowest BCUT2D eigenvalue weighted by atomic mass is 10.1. The Morgan fingerprint density at radius 2 is 2.07 bits per heavy atom. The molecule has 1 aromatic heterocycles. The van der Waals surface area contributed by atoms with Gasteiger partial charge in [-0.15, -0.1) is 0 Å². The van der Waals surface area contributed by atoms with E-state index >= 15 is 0 Å². The van der Waals surface area contributed by atoms with E-state index in [0.717, 1.165) is 19.6 Å². The van der Waals surface area contributed by atoms with Crippen LogP contribution in [-0.4, -0.2) is 11.1 Å². The van der Waals surface area contributed by atoms with Crippen LogP contribution < -0.4 is 11.1 Å². The van der Waals surface area contributed by atoms with Gasteiger partial charge in [-0.3, -0.25) is 0 Å². The summed E-state index contributed by atoms with van der Waals surface area (Å²) in [5, 5.41) is 6.08. The Kier molecular flexibility index (Phi) is 2.01. The quantitative estimate of drug-likeness (QED) is 0.728. The molecule has 1 aromatic carbocycles. The van der Waals surface area contributed by atoms with E-state index in [1.54, 1.807) is 0 Å². The molecule has 3 rings (SSSR count). The Labute approximate surface area is 88.9 Å². The van der Waals surface area contributed by atoms with Crippen molar-refractivity contribution in [2.45, 2.75) is 19.6 Å². The summed E-state index contributed by atoms with van der Waals surface area (Å²) in [4.78, 5) is 0. The van der Waals surface area contributed by atoms with Crippen molar-refractivity contribution in [1.82, 2.24) is 9.88 Å². The van der Waals surface area contributed by atoms with Gasteiger partial charge in [0, 0.05) is 48.3 Å². The van der Waals surface area contributed by atoms with Gasteiger partial charge in [0.15, 0.2) is 0 Å². The fourth-order valence-corrected chi connectivity index (χ4v) is 2.52. The van der Waals surface area contributed by atoms with Crippen LogP contribution in [0.5, 0.6) is 0 Å². The van der Waals surface area contributed by atoms with Crippen LogP contribution in [0, 0.1) is 0 Å². The monoisotopic (exact) mass is 201 g/mol. The van der Waals surface area contributed by atoms with Crippen molar-refractivity contribution >= 4 is 10.8 Å². The Morgan fingerprint density at radius 3 is 2.87 bits per heavy atom. The minimum absolute atomic E-state index is 0.626. The molecule has 0 amide bonds. The van der Waals surface area contributed by atoms with Crippen molar-refractivity contribution < 1.29 is 0 Å². The fraction of sp³-hybridized carbons (Fsp3) is 0.333. The summed E-state index contributed by atoms with van der Waals surface area (Å²) in [5.74, 6) is 0. The van der Waals surface area contributed by atoms with Gasteiger partial charge >= 0.3 is 0 Å². The fourth-order valence-electron chi connectivity index (χ4n) is 2.52. The van der Waals surface area contributed by atoms with Gasteiger partial charge in [-0.2, -0.15) is 0 Å². The molecule has 0 spiro atoms. The van der Waals surface area contributed by atoms with Crippen molar-refractivity contribution in [3.63, 3.8) is 0 Å². The molecule has 78 valence electrons. The highest BCUT2D eigenvalue weighted by Crippen LogP contribution is 2.27. The topological polar surface area (TPSA) is 43.0 Å². The number of rotatable bonds is 1. The second kappa shape index (κ2) is 3.36. The van der Waals surface area contributed by atoms with Gasteiger partial charge in [-0.25, -0.2) is 0 Å². The highest BCUT2D eigenvalue weighted by molar-refractivity contribution is 5.88. The first-order valence-corrected chi connectivity index (χ1v) is 5.41. The zero-order valence-corrected chi connectivity index (χ0v) is 8.66. The zero-order valence-electron chi connectivity index (χ0n) is 8.66. The van der Waals surface area contributed by atoms with Crippen LogP contribution in [0.1, 0.15) is 11.4 Å². The minimum atomic E-state index is 0.626. The molecular weight excluding hydrogens is 186 g/mol. The van der Waals surface area contributed by atoms with Crippen LogP contribution in [0.4, 0.5) is 0 Å². The number of benzene rings is 1. The summed E-state index contributed by atoms with van der Waals surface area (Å²) in [6.45, 7) is 3.67. The number of nitrogens with one attached hydrogen (secondary N) is 1. The molecule has 0 unspecified atom stereocenters. The van der Waals surface area contributed by atoms with Crippen LogP contribution >= 0.6 is 0 Å². The molecule has 0 atom stereocenters. The van der Waals surface area contributed by atoms with E-state index in [-0.39, 0.29) is 0 Å². The maximum atomic E-state index is 5.84. The highest BCUT2D eigenvalue weighted by atomic mass is 15.1. The third kappa shape index (κ3) is 1.20. The highest BCUT2D eigenvalue weighted by Gasteiger charge is 2.17. The van der Waals surface area contributed by atoms with Crippen LogP contribution in [0.15, 0.2) is 24.3 Å². The Morgan fingerprint density at radius 1 is 1.27 bits per heavy atom. The van der Waals surface area contributed by atoms with Gasteiger partial charge < -0.3 is 15.6 Å². The minimum Gasteiger partial charge on any atom is -0.344 e. The maximum absolute atomic E-state index is 5.84. The van der Waals surface area contributed by atoms with E-state index in [4.69, 9.17) is 5.73 Å². The number of hydrogen-bond acceptors (Lipinski definition) is 2. The summed E-state index contributed by atoms with van der Waals surface area (Å²) in [7, 11) is 0. The lowest BCUT2D eigenvalue weighted by Crippen LogP contribution is -2.29. The summed E-state index contributed by atoms with van der Waals surface area (Å²) < 4.78 is 2.38. The molecular formula is C12H15N3. The Bertz CT molecular complexity index is 466. The van der Waals surface area contributed by atoms with Gasteiger partial charge in [0.05, 0.1) is 0 Å². The first kappa shape index (κ1) is 8.95. The maximum Gasteiger partial charge on any atom is 0.0397 e. The van der Waals surface area contributed by atoms with Gasteiger partial charge in [0.25, 0.3) is 0 Å². The summed E-state index contributed by atoms with van der Waals surface area (Å²) >= 11 is 0. The van der Waals surface area contributed by atoms with Gasteiger partial charge in [-0.05, 0) is 0 Å². The second-order valence-electron chi connectivity index (χ2n) is 3.97. The molecule has 0 saturated carbocycles. The van der Waals surface area contributed by atoms with E-state index in [1.165, 1.54) is 22.2 Å². The predicted octanol–water partition coefficient (Wildman–Crippen LogP) is 1.20. The van der Waals surface area contributed by atoms with Gasteiger partial charge in [-0.1, -0.05) is 24.3 Å². The van der Waals surface area contributed by atoms with Crippen LogP contribution in [0.25, 0.3) is 10.8 Å². The molecule has 3 N–H and O–H groups in total. The molecule has 1 aliphatic heterocycles. The van der Waals surface area contributed by atoms with E-state index < -0.39 is 0 Å². The number of nitrogens with two attached hydrogens (primary N) is 1. The summed E-state index contributed by atoms with van der Waals surface area (Å²) in [5.41, 5.74) is 8.51. The molecule has 15 heavy (non-hydrogen) atoms. The Balaban J connectivity index is 2.37. The molecule has 0 saturated heterocycles. The predicted molar refractivity (Wildman–Crippen MR) is 61.5 cm³/mol. The molecule has 0 radical (unpaired) electrons. The van der Waals surface area contributed by atoms with Crippen molar-refractivity contribution in [2.24, 2.45) is 5.73 Å². The normalized spacial score (nSPS) is 15.5. The molecule has 3 nitrogen and oxygen atoms in total. The van der Waals surface area contributed by atoms with Crippen LogP contribution in [-0.2, 0) is 19.6 Å². The van der Waals surface area contributed by atoms with E-state index in [2.05, 4.69) is 34.1 Å². The molecule has 1 aliphatic rings. The molecule has 0 bridgehead atoms. The van der Waals surface area contributed by atoms with Gasteiger partial charge in [0.1, 0.15) is 0 Å². The summed E-state index contributed by atoms with van der Waals surface area (Å²) in [6, 6.07) is 8.54. The molecule has 0 fully saturated rings. The second-order valence-corrected chi connectivity index (χ2v) is 3.97. The van der Waals surface area contributed by atoms with Crippen LogP contribution in [0.3, 0.4) is 0 Å². The van der Waals surface area contributed by atoms with E-state index in [1.807, 2.05) is 0 Å². The molecule has 0 aliphatic carbocycles. The van der Waals surface area contributed by atoms with Crippen molar-refractivity contribution in [2.75, 3.05) is 6.54 Å². The van der Waals surface area contributed by atoms with Crippen molar-refractivity contribution in [1.29, 1.82) is 0 Å². The number of fused-ring (bicyclic) bond motifs is 3. The SMILES string of the molecule is NCc1c2ccccc2c2n1CCNC2. The zero-order chi connectivity index (χ0) is 10.3. The molecule has 2 heterocycles. The van der Waals surface area contributed by atoms with Crippen LogP contribution in [0.2, 0.25) is 0 Å². The number of hydrogen-bond donors (Lipinski definition) is 2. The molecule has 3 heteroatoms. The first-order valence-electron chi connectivity index (χ1n) is 5.41. The number of nitrogens with zero attached hydrogens (tertiary/aromatic N) is 1. The smallest absolute Gasteiger partial charge is 0.0397 e. The third-order valence-corrected chi connectivity index (χ3v) is 3.20. The number of aromatic nitrogens is 1. The van der Waals surface area contributed by atoms with Crippen molar-refractivity contribution in [3.05, 3.63) is 35.7 Å². The van der Waals surface area contributed by atoms with E-state index in [9.17, 15) is 0 Å². The summed E-state index contributed by atoms with van der Waals surface area (Å²) in [6.07, 6.45) is 0. The van der Waals surface area contributed by atoms with Crippen molar-refractivity contribution in [3.8, 4) is 0 Å². The average Bonchev–Trinajstić information content (AvgIpc) is 2.63. The first-order chi connectivity index (χ1) is 7.42. The standard InChI is InChI=1S/C12H15N3/c13-7-11-9-3-1-2-4-10(9)12-8-14-5-6-15(11)12/h1-4,14H,5-8,13H2. The molecule has 2 aromatic rings.